The maximum atomic E-state index is 13.0. The maximum absolute atomic E-state index is 13.0. The molecule has 2 aromatic heterocycles. The van der Waals surface area contributed by atoms with Crippen LogP contribution in [-0.2, 0) is 28.0 Å². The average Bonchev–Trinajstić information content (AvgIpc) is 3.45. The van der Waals surface area contributed by atoms with Crippen molar-refractivity contribution in [3.63, 3.8) is 0 Å². The number of anilines is 1. The van der Waals surface area contributed by atoms with Crippen molar-refractivity contribution in [3.05, 3.63) is 24.5 Å². The van der Waals surface area contributed by atoms with Crippen molar-refractivity contribution in [2.45, 2.75) is 37.9 Å². The van der Waals surface area contributed by atoms with Crippen LogP contribution in [0.2, 0.25) is 0 Å². The van der Waals surface area contributed by atoms with Crippen LogP contribution < -0.4 is 14.8 Å². The number of ether oxygens (including phenoxy) is 1. The summed E-state index contributed by atoms with van der Waals surface area (Å²) in [6, 6.07) is 4.75. The van der Waals surface area contributed by atoms with E-state index in [0.717, 1.165) is 12.7 Å². The van der Waals surface area contributed by atoms with Gasteiger partial charge in [-0.3, -0.25) is 4.57 Å². The molecule has 4 rings (SSSR count). The number of benzene rings is 1. The van der Waals surface area contributed by atoms with Gasteiger partial charge in [0.1, 0.15) is 29.9 Å². The molecule has 13 heteroatoms. The van der Waals surface area contributed by atoms with Crippen LogP contribution in [0.25, 0.3) is 22.9 Å². The zero-order chi connectivity index (χ0) is 25.0. The molecule has 0 amide bonds. The van der Waals surface area contributed by atoms with Crippen LogP contribution in [0.15, 0.2) is 29.4 Å². The largest absolute Gasteiger partial charge is 0.493 e. The average molecular weight is 503 g/mol. The Bertz CT molecular complexity index is 1300. The van der Waals surface area contributed by atoms with Gasteiger partial charge in [0.2, 0.25) is 10.0 Å². The SMILES string of the molecule is CCCOc1ccc(S(=O)(=O)NCCN(C)C)cc1-c1nc2c(n1CCC=O)-c1nncn1CN2. The van der Waals surface area contributed by atoms with Gasteiger partial charge in [0.15, 0.2) is 11.6 Å². The van der Waals surface area contributed by atoms with Crippen LogP contribution >= 0.6 is 0 Å². The summed E-state index contributed by atoms with van der Waals surface area (Å²) in [5, 5.41) is 11.5. The molecule has 1 aromatic carbocycles. The number of nitrogens with one attached hydrogen (secondary N) is 2. The lowest BCUT2D eigenvalue weighted by Crippen LogP contribution is -2.31. The number of aldehydes is 1. The number of nitrogens with zero attached hydrogens (tertiary/aromatic N) is 6. The summed E-state index contributed by atoms with van der Waals surface area (Å²) in [6.07, 6.45) is 3.48. The Morgan fingerprint density at radius 2 is 2.11 bits per heavy atom. The summed E-state index contributed by atoms with van der Waals surface area (Å²) in [4.78, 5) is 18.0. The molecule has 0 saturated heterocycles. The molecule has 2 N–H and O–H groups in total. The third-order valence-corrected chi connectivity index (χ3v) is 6.96. The molecule has 0 aliphatic carbocycles. The Labute approximate surface area is 204 Å². The van der Waals surface area contributed by atoms with E-state index in [9.17, 15) is 13.2 Å². The number of rotatable bonds is 12. The van der Waals surface area contributed by atoms with E-state index in [4.69, 9.17) is 9.72 Å². The van der Waals surface area contributed by atoms with Crippen molar-refractivity contribution in [2.24, 2.45) is 0 Å². The molecule has 0 atom stereocenters. The molecule has 188 valence electrons. The first-order chi connectivity index (χ1) is 16.9. The number of aromatic nitrogens is 5. The van der Waals surface area contributed by atoms with Crippen molar-refractivity contribution in [2.75, 3.05) is 39.1 Å². The van der Waals surface area contributed by atoms with Crippen molar-refractivity contribution in [3.8, 4) is 28.7 Å². The molecule has 0 radical (unpaired) electrons. The highest BCUT2D eigenvalue weighted by Gasteiger charge is 2.29. The minimum absolute atomic E-state index is 0.106. The molecule has 1 aliphatic rings. The van der Waals surface area contributed by atoms with E-state index in [1.54, 1.807) is 18.5 Å². The standard InChI is InChI=1S/C22H30N8O4S/c1-4-12-34-18-7-6-16(35(32,33)25-8-10-28(2)3)13-17(18)21-26-20-19(30(21)9-5-11-31)22-27-24-15-29(22)14-23-20/h6-7,11,13,15,23,25H,4-5,8-10,12,14H2,1-3H3. The number of hydrogen-bond acceptors (Lipinski definition) is 9. The van der Waals surface area contributed by atoms with E-state index in [0.29, 0.717) is 60.8 Å². The van der Waals surface area contributed by atoms with Gasteiger partial charge in [-0.1, -0.05) is 6.92 Å². The van der Waals surface area contributed by atoms with Gasteiger partial charge in [-0.2, -0.15) is 0 Å². The topological polar surface area (TPSA) is 136 Å². The number of hydrogen-bond donors (Lipinski definition) is 2. The van der Waals surface area contributed by atoms with E-state index >= 15 is 0 Å². The summed E-state index contributed by atoms with van der Waals surface area (Å²) in [5.74, 6) is 2.20. The quantitative estimate of drug-likeness (QED) is 0.352. The Hall–Kier alpha value is -3.29. The number of likely N-dealkylation sites (N-methyl/N-ethyl adjacent to an activating group) is 1. The molecule has 0 bridgehead atoms. The van der Waals surface area contributed by atoms with Gasteiger partial charge in [-0.25, -0.2) is 18.1 Å². The van der Waals surface area contributed by atoms with Gasteiger partial charge in [-0.15, -0.1) is 10.2 Å². The molecule has 3 heterocycles. The molecule has 3 aromatic rings. The summed E-state index contributed by atoms with van der Waals surface area (Å²) < 4.78 is 38.4. The van der Waals surface area contributed by atoms with Crippen LogP contribution in [0.1, 0.15) is 19.8 Å². The van der Waals surface area contributed by atoms with E-state index in [1.807, 2.05) is 35.1 Å². The predicted octanol–water partition coefficient (Wildman–Crippen LogP) is 1.41. The van der Waals surface area contributed by atoms with Crippen molar-refractivity contribution >= 4 is 22.1 Å². The normalized spacial score (nSPS) is 12.8. The molecule has 0 fully saturated rings. The molecular formula is C22H30N8O4S. The number of imidazole rings is 1. The first-order valence-corrected chi connectivity index (χ1v) is 12.9. The molecule has 0 spiro atoms. The number of fused-ring (bicyclic) bond motifs is 3. The summed E-state index contributed by atoms with van der Waals surface area (Å²) in [6.45, 7) is 4.08. The van der Waals surface area contributed by atoms with Crippen molar-refractivity contribution < 1.29 is 17.9 Å². The molecule has 12 nitrogen and oxygen atoms in total. The Morgan fingerprint density at radius 1 is 1.29 bits per heavy atom. The predicted molar refractivity (Wildman–Crippen MR) is 131 cm³/mol. The number of sulfonamides is 1. The zero-order valence-electron chi connectivity index (χ0n) is 20.1. The van der Waals surface area contributed by atoms with Gasteiger partial charge in [0, 0.05) is 26.1 Å². The second kappa shape index (κ2) is 10.5. The molecular weight excluding hydrogens is 472 g/mol. The third-order valence-electron chi connectivity index (χ3n) is 5.50. The van der Waals surface area contributed by atoms with Crippen LogP contribution in [0.5, 0.6) is 5.75 Å². The van der Waals surface area contributed by atoms with E-state index in [1.165, 1.54) is 6.07 Å². The number of carbonyl (C=O) groups is 1. The van der Waals surface area contributed by atoms with E-state index in [-0.39, 0.29) is 17.9 Å². The number of carbonyl (C=O) groups excluding carboxylic acids is 1. The van der Waals surface area contributed by atoms with Crippen LogP contribution in [0.3, 0.4) is 0 Å². The summed E-state index contributed by atoms with van der Waals surface area (Å²) in [7, 11) is -0.00877. The second-order valence-electron chi connectivity index (χ2n) is 8.41. The van der Waals surface area contributed by atoms with E-state index < -0.39 is 10.0 Å². The van der Waals surface area contributed by atoms with E-state index in [2.05, 4.69) is 20.2 Å². The third kappa shape index (κ3) is 5.21. The summed E-state index contributed by atoms with van der Waals surface area (Å²) >= 11 is 0. The molecule has 0 unspecified atom stereocenters. The van der Waals surface area contributed by atoms with Crippen molar-refractivity contribution in [1.82, 2.24) is 33.9 Å². The van der Waals surface area contributed by atoms with Gasteiger partial charge >= 0.3 is 0 Å². The fourth-order valence-electron chi connectivity index (χ4n) is 3.80. The molecule has 0 saturated carbocycles. The fraction of sp³-hybridized carbons (Fsp3) is 0.455. The van der Waals surface area contributed by atoms with Crippen molar-refractivity contribution in [1.29, 1.82) is 0 Å². The molecule has 35 heavy (non-hydrogen) atoms. The van der Waals surface area contributed by atoms with Gasteiger partial charge in [0.25, 0.3) is 0 Å². The second-order valence-corrected chi connectivity index (χ2v) is 10.2. The lowest BCUT2D eigenvalue weighted by atomic mass is 10.2. The minimum atomic E-state index is -3.76. The Balaban J connectivity index is 1.83. The molecule has 1 aliphatic heterocycles. The minimum Gasteiger partial charge on any atom is -0.493 e. The lowest BCUT2D eigenvalue weighted by molar-refractivity contribution is -0.108. The highest BCUT2D eigenvalue weighted by atomic mass is 32.2. The summed E-state index contributed by atoms with van der Waals surface area (Å²) in [5.41, 5.74) is 1.20. The zero-order valence-corrected chi connectivity index (χ0v) is 20.9. The highest BCUT2D eigenvalue weighted by Crippen LogP contribution is 2.39. The van der Waals surface area contributed by atoms with Gasteiger partial charge in [0.05, 0.1) is 23.7 Å². The van der Waals surface area contributed by atoms with Crippen LogP contribution in [0, 0.1) is 0 Å². The first kappa shape index (κ1) is 24.8. The van der Waals surface area contributed by atoms with Gasteiger partial charge in [-0.05, 0) is 38.7 Å². The monoisotopic (exact) mass is 502 g/mol. The van der Waals surface area contributed by atoms with Gasteiger partial charge < -0.3 is 24.3 Å². The fourth-order valence-corrected chi connectivity index (χ4v) is 4.84. The Kier molecular flexibility index (Phi) is 7.48. The smallest absolute Gasteiger partial charge is 0.240 e. The van der Waals surface area contributed by atoms with Crippen LogP contribution in [0.4, 0.5) is 5.82 Å². The lowest BCUT2D eigenvalue weighted by Gasteiger charge is -2.18. The Morgan fingerprint density at radius 3 is 2.86 bits per heavy atom. The van der Waals surface area contributed by atoms with Crippen LogP contribution in [-0.4, -0.2) is 77.7 Å². The first-order valence-electron chi connectivity index (χ1n) is 11.4. The maximum Gasteiger partial charge on any atom is 0.240 e. The highest BCUT2D eigenvalue weighted by molar-refractivity contribution is 7.89.